The van der Waals surface area contributed by atoms with Gasteiger partial charge in [-0.1, -0.05) is 29.5 Å². The molecule has 1 fully saturated rings. The van der Waals surface area contributed by atoms with E-state index >= 15 is 0 Å². The Morgan fingerprint density at radius 1 is 1.08 bits per heavy atom. The SMILES string of the molecule is CCOC(=O)c1sc(N2C(=O)C(=O)C(=C(O)c3ccc(OC)c(C)c3)[C@H]2c2ccccc2OCC)nc1C. The smallest absolute Gasteiger partial charge is 0.350 e. The quantitative estimate of drug-likeness (QED) is 0.186. The minimum Gasteiger partial charge on any atom is -0.507 e. The number of methoxy groups -OCH3 is 1. The minimum atomic E-state index is -1.05. The molecule has 4 rings (SSSR count). The van der Waals surface area contributed by atoms with Crippen molar-refractivity contribution in [3.05, 3.63) is 75.3 Å². The van der Waals surface area contributed by atoms with Crippen LogP contribution in [-0.4, -0.2) is 48.1 Å². The maximum atomic E-state index is 13.5. The van der Waals surface area contributed by atoms with Crippen molar-refractivity contribution in [2.24, 2.45) is 0 Å². The summed E-state index contributed by atoms with van der Waals surface area (Å²) in [6.07, 6.45) is 0. The second-order valence-electron chi connectivity index (χ2n) is 8.46. The van der Waals surface area contributed by atoms with Gasteiger partial charge in [-0.15, -0.1) is 0 Å². The maximum Gasteiger partial charge on any atom is 0.350 e. The van der Waals surface area contributed by atoms with Gasteiger partial charge in [-0.3, -0.25) is 14.5 Å². The fourth-order valence-electron chi connectivity index (χ4n) is 4.37. The fraction of sp³-hybridized carbons (Fsp3) is 0.286. The number of aryl methyl sites for hydroxylation is 2. The highest BCUT2D eigenvalue weighted by molar-refractivity contribution is 7.17. The van der Waals surface area contributed by atoms with Crippen LogP contribution in [0.25, 0.3) is 5.76 Å². The molecule has 2 heterocycles. The zero-order valence-electron chi connectivity index (χ0n) is 21.7. The number of carbonyl (C=O) groups is 3. The van der Waals surface area contributed by atoms with Gasteiger partial charge < -0.3 is 19.3 Å². The van der Waals surface area contributed by atoms with E-state index in [1.54, 1.807) is 63.4 Å². The Morgan fingerprint density at radius 3 is 2.47 bits per heavy atom. The van der Waals surface area contributed by atoms with Crippen LogP contribution in [0.5, 0.6) is 11.5 Å². The number of aliphatic hydroxyl groups excluding tert-OH is 1. The molecule has 0 saturated carbocycles. The number of aromatic nitrogens is 1. The molecule has 1 N–H and O–H groups in total. The average Bonchev–Trinajstić information content (AvgIpc) is 3.40. The van der Waals surface area contributed by atoms with Gasteiger partial charge in [0.25, 0.3) is 5.78 Å². The second kappa shape index (κ2) is 11.1. The van der Waals surface area contributed by atoms with Crippen molar-refractivity contribution in [1.29, 1.82) is 0 Å². The Labute approximate surface area is 224 Å². The third-order valence-corrected chi connectivity index (χ3v) is 7.22. The van der Waals surface area contributed by atoms with E-state index in [0.29, 0.717) is 34.9 Å². The molecule has 1 aliphatic rings. The number of Topliss-reactive ketones (excluding diaryl/α,β-unsaturated/α-hetero) is 1. The van der Waals surface area contributed by atoms with Crippen LogP contribution in [0.4, 0.5) is 5.13 Å². The molecular weight excluding hydrogens is 508 g/mol. The zero-order chi connectivity index (χ0) is 27.6. The van der Waals surface area contributed by atoms with Crippen LogP contribution in [0.3, 0.4) is 0 Å². The van der Waals surface area contributed by atoms with Crippen LogP contribution in [0.2, 0.25) is 0 Å². The van der Waals surface area contributed by atoms with Gasteiger partial charge in [-0.05, 0) is 57.5 Å². The fourth-order valence-corrected chi connectivity index (χ4v) is 5.36. The van der Waals surface area contributed by atoms with Crippen LogP contribution in [0.15, 0.2) is 48.0 Å². The third kappa shape index (κ3) is 4.74. The van der Waals surface area contributed by atoms with E-state index in [0.717, 1.165) is 16.9 Å². The standard InChI is InChI=1S/C28H28N2O7S/c1-6-36-20-11-9-8-10-18(20)22-21(23(31)17-12-13-19(35-5)15(3)14-17)24(32)26(33)30(22)28-29-16(4)25(38-28)27(34)37-7-2/h8-14,22,31H,6-7H2,1-5H3/t22-/m1/s1. The number of thiazole rings is 1. The molecule has 38 heavy (non-hydrogen) atoms. The van der Waals surface area contributed by atoms with E-state index in [2.05, 4.69) is 4.98 Å². The number of rotatable bonds is 8. The number of benzene rings is 2. The van der Waals surface area contributed by atoms with E-state index in [4.69, 9.17) is 14.2 Å². The number of anilines is 1. The van der Waals surface area contributed by atoms with Gasteiger partial charge in [0.1, 0.15) is 28.2 Å². The number of amides is 1. The average molecular weight is 537 g/mol. The summed E-state index contributed by atoms with van der Waals surface area (Å²) >= 11 is 0.951. The summed E-state index contributed by atoms with van der Waals surface area (Å²) in [6.45, 7) is 7.48. The van der Waals surface area contributed by atoms with Crippen LogP contribution in [0.1, 0.15) is 51.9 Å². The lowest BCUT2D eigenvalue weighted by Gasteiger charge is -2.24. The lowest BCUT2D eigenvalue weighted by molar-refractivity contribution is -0.132. The van der Waals surface area contributed by atoms with Gasteiger partial charge in [-0.2, -0.15) is 0 Å². The largest absolute Gasteiger partial charge is 0.507 e. The number of esters is 1. The summed E-state index contributed by atoms with van der Waals surface area (Å²) in [6, 6.07) is 10.9. The van der Waals surface area contributed by atoms with Gasteiger partial charge in [0.2, 0.25) is 0 Å². The third-order valence-electron chi connectivity index (χ3n) is 6.08. The normalized spacial score (nSPS) is 16.6. The van der Waals surface area contributed by atoms with Crippen LogP contribution >= 0.6 is 11.3 Å². The number of ketones is 1. The lowest BCUT2D eigenvalue weighted by Crippen LogP contribution is -2.29. The summed E-state index contributed by atoms with van der Waals surface area (Å²) in [7, 11) is 1.54. The van der Waals surface area contributed by atoms with Gasteiger partial charge in [0.05, 0.1) is 31.6 Å². The van der Waals surface area contributed by atoms with Gasteiger partial charge in [0, 0.05) is 11.1 Å². The molecule has 9 nitrogen and oxygen atoms in total. The van der Waals surface area contributed by atoms with E-state index in [1.165, 1.54) is 4.90 Å². The number of carbonyl (C=O) groups excluding carboxylic acids is 3. The first-order chi connectivity index (χ1) is 18.2. The number of nitrogens with zero attached hydrogens (tertiary/aromatic N) is 2. The minimum absolute atomic E-state index is 0.114. The van der Waals surface area contributed by atoms with Crippen molar-refractivity contribution in [2.75, 3.05) is 25.2 Å². The molecule has 2 aromatic carbocycles. The van der Waals surface area contributed by atoms with Crippen molar-refractivity contribution in [3.63, 3.8) is 0 Å². The van der Waals surface area contributed by atoms with Crippen molar-refractivity contribution in [2.45, 2.75) is 33.7 Å². The second-order valence-corrected chi connectivity index (χ2v) is 9.43. The molecule has 1 atom stereocenters. The molecule has 1 aliphatic heterocycles. The van der Waals surface area contributed by atoms with E-state index < -0.39 is 23.7 Å². The van der Waals surface area contributed by atoms with Crippen molar-refractivity contribution in [3.8, 4) is 11.5 Å². The van der Waals surface area contributed by atoms with E-state index in [9.17, 15) is 19.5 Å². The highest BCUT2D eigenvalue weighted by Gasteiger charge is 2.49. The summed E-state index contributed by atoms with van der Waals surface area (Å²) in [4.78, 5) is 45.4. The number of para-hydroxylation sites is 1. The van der Waals surface area contributed by atoms with Crippen LogP contribution in [0, 0.1) is 13.8 Å². The summed E-state index contributed by atoms with van der Waals surface area (Å²) < 4.78 is 16.3. The Bertz CT molecular complexity index is 1440. The molecule has 3 aromatic rings. The van der Waals surface area contributed by atoms with Gasteiger partial charge in [0.15, 0.2) is 5.13 Å². The Hall–Kier alpha value is -4.18. The summed E-state index contributed by atoms with van der Waals surface area (Å²) in [5.41, 5.74) is 1.84. The number of hydrogen-bond acceptors (Lipinski definition) is 9. The molecule has 0 aliphatic carbocycles. The van der Waals surface area contributed by atoms with E-state index in [1.807, 2.05) is 13.8 Å². The summed E-state index contributed by atoms with van der Waals surface area (Å²) in [5, 5.41) is 11.6. The number of aliphatic hydroxyl groups is 1. The molecule has 0 radical (unpaired) electrons. The monoisotopic (exact) mass is 536 g/mol. The topological polar surface area (TPSA) is 115 Å². The molecule has 0 spiro atoms. The first kappa shape index (κ1) is 26.9. The molecule has 1 aromatic heterocycles. The molecule has 1 saturated heterocycles. The Morgan fingerprint density at radius 2 is 1.82 bits per heavy atom. The van der Waals surface area contributed by atoms with Crippen molar-refractivity contribution < 1.29 is 33.7 Å². The van der Waals surface area contributed by atoms with Gasteiger partial charge in [-0.25, -0.2) is 9.78 Å². The zero-order valence-corrected chi connectivity index (χ0v) is 22.5. The highest BCUT2D eigenvalue weighted by atomic mass is 32.1. The molecule has 1 amide bonds. The van der Waals surface area contributed by atoms with Crippen molar-refractivity contribution >= 4 is 39.9 Å². The molecule has 0 unspecified atom stereocenters. The highest BCUT2D eigenvalue weighted by Crippen LogP contribution is 2.46. The van der Waals surface area contributed by atoms with Crippen LogP contribution < -0.4 is 14.4 Å². The van der Waals surface area contributed by atoms with E-state index in [-0.39, 0.29) is 27.9 Å². The molecule has 198 valence electrons. The predicted molar refractivity (Wildman–Crippen MR) is 143 cm³/mol. The Balaban J connectivity index is 1.95. The maximum absolute atomic E-state index is 13.5. The van der Waals surface area contributed by atoms with Gasteiger partial charge >= 0.3 is 11.9 Å². The van der Waals surface area contributed by atoms with Crippen molar-refractivity contribution in [1.82, 2.24) is 4.98 Å². The Kier molecular flexibility index (Phi) is 7.82. The summed E-state index contributed by atoms with van der Waals surface area (Å²) in [5.74, 6) is -1.60. The first-order valence-electron chi connectivity index (χ1n) is 12.1. The lowest BCUT2D eigenvalue weighted by atomic mass is 9.94. The molecular formula is C28H28N2O7S. The number of hydrogen-bond donors (Lipinski definition) is 1. The first-order valence-corrected chi connectivity index (χ1v) is 12.9. The number of ether oxygens (including phenoxy) is 3. The molecule has 0 bridgehead atoms. The predicted octanol–water partition coefficient (Wildman–Crippen LogP) is 4.97. The van der Waals surface area contributed by atoms with Crippen LogP contribution in [-0.2, 0) is 14.3 Å². The molecule has 10 heteroatoms.